The lowest BCUT2D eigenvalue weighted by Crippen LogP contribution is -2.27. The fraction of sp³-hybridized carbons (Fsp3) is 0.333. The van der Waals surface area contributed by atoms with Gasteiger partial charge in [-0.25, -0.2) is 4.98 Å². The zero-order chi connectivity index (χ0) is 11.8. The van der Waals surface area contributed by atoms with E-state index in [1.165, 1.54) is 25.6 Å². The lowest BCUT2D eigenvalue weighted by atomic mass is 9.93. The Balaban J connectivity index is 2.07. The summed E-state index contributed by atoms with van der Waals surface area (Å²) in [5, 5.41) is 3.91. The van der Waals surface area contributed by atoms with Gasteiger partial charge in [0.05, 0.1) is 28.6 Å². The molecule has 2 aromatic rings. The van der Waals surface area contributed by atoms with Crippen LogP contribution in [0.1, 0.15) is 19.3 Å². The van der Waals surface area contributed by atoms with Crippen LogP contribution >= 0.6 is 0 Å². The van der Waals surface area contributed by atoms with Crippen molar-refractivity contribution in [3.63, 3.8) is 0 Å². The van der Waals surface area contributed by atoms with Gasteiger partial charge in [-0.05, 0) is 31.4 Å². The van der Waals surface area contributed by atoms with E-state index in [1.807, 2.05) is 6.07 Å². The number of nitrogens with zero attached hydrogens (tertiary/aromatic N) is 1. The summed E-state index contributed by atoms with van der Waals surface area (Å²) < 4.78 is 0. The molecular weight excluding hydrogens is 216 g/mol. The minimum absolute atomic E-state index is 0.156. The standard InChI is InChI=1S/C12H14N4O/c13-9-4-8-10(14-6-15-12(8)17)5-11(9)16-7-2-1-3-7/h4-7,16H,1-3,13H2,(H,14,15,17). The molecule has 5 nitrogen and oxygen atoms in total. The molecule has 4 N–H and O–H groups in total. The Hall–Kier alpha value is -2.04. The van der Waals surface area contributed by atoms with Gasteiger partial charge in [0.25, 0.3) is 5.56 Å². The van der Waals surface area contributed by atoms with Crippen molar-refractivity contribution in [2.75, 3.05) is 11.1 Å². The second kappa shape index (κ2) is 3.76. The molecule has 88 valence electrons. The number of H-pyrrole nitrogens is 1. The van der Waals surface area contributed by atoms with Crippen molar-refractivity contribution in [1.82, 2.24) is 9.97 Å². The summed E-state index contributed by atoms with van der Waals surface area (Å²) in [6.45, 7) is 0. The van der Waals surface area contributed by atoms with Crippen LogP contribution < -0.4 is 16.6 Å². The molecule has 0 saturated heterocycles. The van der Waals surface area contributed by atoms with Crippen molar-refractivity contribution < 1.29 is 0 Å². The summed E-state index contributed by atoms with van der Waals surface area (Å²) in [4.78, 5) is 18.2. The molecule has 5 heteroatoms. The molecule has 0 atom stereocenters. The van der Waals surface area contributed by atoms with Gasteiger partial charge in [0, 0.05) is 6.04 Å². The maximum absolute atomic E-state index is 11.6. The van der Waals surface area contributed by atoms with Crippen molar-refractivity contribution in [2.24, 2.45) is 0 Å². The molecule has 0 radical (unpaired) electrons. The molecular formula is C12H14N4O. The Bertz CT molecular complexity index is 615. The number of aromatic nitrogens is 2. The van der Waals surface area contributed by atoms with Gasteiger partial charge in [-0.15, -0.1) is 0 Å². The summed E-state index contributed by atoms with van der Waals surface area (Å²) in [5.41, 5.74) is 7.93. The number of nitrogens with two attached hydrogens (primary N) is 1. The first-order chi connectivity index (χ1) is 8.24. The maximum Gasteiger partial charge on any atom is 0.258 e. The first kappa shape index (κ1) is 10.1. The van der Waals surface area contributed by atoms with E-state index in [9.17, 15) is 4.79 Å². The SMILES string of the molecule is Nc1cc2c(=O)[nH]cnc2cc1NC1CCC1. The number of nitrogen functional groups attached to an aromatic ring is 1. The predicted molar refractivity (Wildman–Crippen MR) is 68.0 cm³/mol. The van der Waals surface area contributed by atoms with Crippen molar-refractivity contribution in [1.29, 1.82) is 0 Å². The summed E-state index contributed by atoms with van der Waals surface area (Å²) in [5.74, 6) is 0. The summed E-state index contributed by atoms with van der Waals surface area (Å²) in [6, 6.07) is 4.04. The Morgan fingerprint density at radius 3 is 2.94 bits per heavy atom. The first-order valence-electron chi connectivity index (χ1n) is 5.77. The molecule has 3 rings (SSSR count). The molecule has 0 spiro atoms. The topological polar surface area (TPSA) is 83.8 Å². The van der Waals surface area contributed by atoms with Crippen LogP contribution in [-0.4, -0.2) is 16.0 Å². The second-order valence-corrected chi connectivity index (χ2v) is 4.46. The van der Waals surface area contributed by atoms with Crippen LogP contribution in [0.5, 0.6) is 0 Å². The third-order valence-corrected chi connectivity index (χ3v) is 3.28. The van der Waals surface area contributed by atoms with Crippen LogP contribution in [-0.2, 0) is 0 Å². The number of nitrogens with one attached hydrogen (secondary N) is 2. The minimum atomic E-state index is -0.156. The third-order valence-electron chi connectivity index (χ3n) is 3.28. The number of anilines is 2. The van der Waals surface area contributed by atoms with Crippen LogP contribution in [0, 0.1) is 0 Å². The van der Waals surface area contributed by atoms with Crippen molar-refractivity contribution in [2.45, 2.75) is 25.3 Å². The largest absolute Gasteiger partial charge is 0.397 e. The van der Waals surface area contributed by atoms with Gasteiger partial charge in [-0.2, -0.15) is 0 Å². The van der Waals surface area contributed by atoms with E-state index in [0.29, 0.717) is 22.6 Å². The van der Waals surface area contributed by atoms with Crippen molar-refractivity contribution in [3.8, 4) is 0 Å². The highest BCUT2D eigenvalue weighted by molar-refractivity contribution is 5.88. The molecule has 1 aliphatic rings. The number of fused-ring (bicyclic) bond motifs is 1. The van der Waals surface area contributed by atoms with Gasteiger partial charge in [0.15, 0.2) is 0 Å². The molecule has 0 aliphatic heterocycles. The van der Waals surface area contributed by atoms with Gasteiger partial charge in [-0.1, -0.05) is 0 Å². The molecule has 0 amide bonds. The van der Waals surface area contributed by atoms with Crippen molar-refractivity contribution >= 4 is 22.3 Å². The molecule has 1 aromatic carbocycles. The highest BCUT2D eigenvalue weighted by atomic mass is 16.1. The van der Waals surface area contributed by atoms with Crippen LogP contribution in [0.15, 0.2) is 23.3 Å². The van der Waals surface area contributed by atoms with E-state index in [4.69, 9.17) is 5.73 Å². The van der Waals surface area contributed by atoms with Gasteiger partial charge in [0.2, 0.25) is 0 Å². The minimum Gasteiger partial charge on any atom is -0.397 e. The zero-order valence-corrected chi connectivity index (χ0v) is 9.36. The molecule has 1 heterocycles. The predicted octanol–water partition coefficient (Wildman–Crippen LogP) is 1.47. The number of aromatic amines is 1. The summed E-state index contributed by atoms with van der Waals surface area (Å²) in [6.07, 6.45) is 5.04. The number of hydrogen-bond acceptors (Lipinski definition) is 4. The zero-order valence-electron chi connectivity index (χ0n) is 9.36. The Kier molecular flexibility index (Phi) is 2.24. The molecule has 1 fully saturated rings. The molecule has 17 heavy (non-hydrogen) atoms. The molecule has 1 aromatic heterocycles. The van der Waals surface area contributed by atoms with Gasteiger partial charge < -0.3 is 16.0 Å². The maximum atomic E-state index is 11.6. The van der Waals surface area contributed by atoms with Crippen LogP contribution in [0.3, 0.4) is 0 Å². The summed E-state index contributed by atoms with van der Waals surface area (Å²) in [7, 11) is 0. The van der Waals surface area contributed by atoms with Gasteiger partial charge in [-0.3, -0.25) is 4.79 Å². The quantitative estimate of drug-likeness (QED) is 0.682. The smallest absolute Gasteiger partial charge is 0.258 e. The van der Waals surface area contributed by atoms with E-state index in [0.717, 1.165) is 5.69 Å². The average Bonchev–Trinajstić information content (AvgIpc) is 2.25. The van der Waals surface area contributed by atoms with Crippen LogP contribution in [0.2, 0.25) is 0 Å². The number of rotatable bonds is 2. The third kappa shape index (κ3) is 1.73. The molecule has 0 unspecified atom stereocenters. The second-order valence-electron chi connectivity index (χ2n) is 4.46. The van der Waals surface area contributed by atoms with Gasteiger partial charge in [0.1, 0.15) is 0 Å². The van der Waals surface area contributed by atoms with Crippen molar-refractivity contribution in [3.05, 3.63) is 28.8 Å². The Morgan fingerprint density at radius 2 is 2.24 bits per heavy atom. The van der Waals surface area contributed by atoms with Gasteiger partial charge >= 0.3 is 0 Å². The Labute approximate surface area is 98.1 Å². The lowest BCUT2D eigenvalue weighted by molar-refractivity contribution is 0.446. The number of hydrogen-bond donors (Lipinski definition) is 3. The summed E-state index contributed by atoms with van der Waals surface area (Å²) >= 11 is 0. The molecule has 0 bridgehead atoms. The fourth-order valence-electron chi connectivity index (χ4n) is 2.03. The van der Waals surface area contributed by atoms with E-state index < -0.39 is 0 Å². The lowest BCUT2D eigenvalue weighted by Gasteiger charge is -2.28. The highest BCUT2D eigenvalue weighted by Gasteiger charge is 2.18. The van der Waals surface area contributed by atoms with E-state index >= 15 is 0 Å². The molecule has 1 aliphatic carbocycles. The van der Waals surface area contributed by atoms with E-state index in [-0.39, 0.29) is 5.56 Å². The fourth-order valence-corrected chi connectivity index (χ4v) is 2.03. The first-order valence-corrected chi connectivity index (χ1v) is 5.77. The highest BCUT2D eigenvalue weighted by Crippen LogP contribution is 2.28. The Morgan fingerprint density at radius 1 is 1.41 bits per heavy atom. The average molecular weight is 230 g/mol. The van der Waals surface area contributed by atoms with E-state index in [2.05, 4.69) is 15.3 Å². The monoisotopic (exact) mass is 230 g/mol. The van der Waals surface area contributed by atoms with Crippen LogP contribution in [0.25, 0.3) is 10.9 Å². The van der Waals surface area contributed by atoms with Crippen LogP contribution in [0.4, 0.5) is 11.4 Å². The number of benzene rings is 1. The molecule has 1 saturated carbocycles. The normalized spacial score (nSPS) is 15.8. The van der Waals surface area contributed by atoms with E-state index in [1.54, 1.807) is 6.07 Å².